The summed E-state index contributed by atoms with van der Waals surface area (Å²) in [6.07, 6.45) is -8.30. The van der Waals surface area contributed by atoms with Gasteiger partial charge in [0.25, 0.3) is 6.43 Å². The van der Waals surface area contributed by atoms with Gasteiger partial charge >= 0.3 is 6.36 Å². The van der Waals surface area contributed by atoms with Gasteiger partial charge < -0.3 is 4.74 Å². The number of hydrogen-bond acceptors (Lipinski definition) is 3. The lowest BCUT2D eigenvalue weighted by molar-refractivity contribution is -0.274. The average Bonchev–Trinajstić information content (AvgIpc) is 2.26. The zero-order valence-corrected chi connectivity index (χ0v) is 8.50. The highest BCUT2D eigenvalue weighted by atomic mass is 19.4. The van der Waals surface area contributed by atoms with Crippen molar-refractivity contribution in [3.05, 3.63) is 28.8 Å². The molecule has 18 heavy (non-hydrogen) atoms. The van der Waals surface area contributed by atoms with Crippen molar-refractivity contribution in [2.24, 2.45) is 0 Å². The molecule has 0 amide bonds. The molecule has 0 aliphatic rings. The summed E-state index contributed by atoms with van der Waals surface area (Å²) < 4.78 is 64.3. The summed E-state index contributed by atoms with van der Waals surface area (Å²) in [5, 5.41) is 0. The first-order chi connectivity index (χ1) is 8.28. The topological polar surface area (TPSA) is 43.4 Å². The van der Waals surface area contributed by atoms with E-state index in [9.17, 15) is 31.5 Å². The Bertz CT molecular complexity index is 467. The van der Waals surface area contributed by atoms with Gasteiger partial charge in [0.05, 0.1) is 5.56 Å². The fraction of sp³-hybridized carbons (Fsp3) is 0.200. The summed E-state index contributed by atoms with van der Waals surface area (Å²) in [5.41, 5.74) is -2.14. The Morgan fingerprint density at radius 3 is 2.00 bits per heavy atom. The molecule has 0 atom stereocenters. The molecule has 0 saturated carbocycles. The van der Waals surface area contributed by atoms with Crippen molar-refractivity contribution in [3.63, 3.8) is 0 Å². The fourth-order valence-electron chi connectivity index (χ4n) is 1.23. The molecule has 8 heteroatoms. The van der Waals surface area contributed by atoms with Crippen molar-refractivity contribution >= 4 is 12.6 Å². The largest absolute Gasteiger partial charge is 0.573 e. The third kappa shape index (κ3) is 3.25. The Labute approximate surface area is 97.2 Å². The van der Waals surface area contributed by atoms with E-state index in [-0.39, 0.29) is 12.6 Å². The van der Waals surface area contributed by atoms with E-state index in [1.807, 2.05) is 0 Å². The maximum absolute atomic E-state index is 12.5. The van der Waals surface area contributed by atoms with Crippen LogP contribution in [-0.4, -0.2) is 18.9 Å². The zero-order valence-electron chi connectivity index (χ0n) is 8.50. The zero-order chi connectivity index (χ0) is 13.9. The molecule has 0 aliphatic carbocycles. The molecular weight excluding hydrogens is 263 g/mol. The second-order valence-electron chi connectivity index (χ2n) is 3.10. The molecule has 0 aliphatic heterocycles. The van der Waals surface area contributed by atoms with Crippen LogP contribution in [-0.2, 0) is 0 Å². The molecule has 0 fully saturated rings. The first kappa shape index (κ1) is 14.1. The summed E-state index contributed by atoms with van der Waals surface area (Å²) in [5.74, 6) is -1.07. The van der Waals surface area contributed by atoms with Gasteiger partial charge in [0.1, 0.15) is 5.75 Å². The maximum Gasteiger partial charge on any atom is 0.573 e. The van der Waals surface area contributed by atoms with Crippen LogP contribution in [0.2, 0.25) is 0 Å². The molecule has 1 aromatic rings. The van der Waals surface area contributed by atoms with Crippen LogP contribution < -0.4 is 4.74 Å². The molecule has 0 bridgehead atoms. The second kappa shape index (κ2) is 5.11. The third-order valence-corrected chi connectivity index (χ3v) is 1.93. The predicted octanol–water partition coefficient (Wildman–Crippen LogP) is 3.15. The molecule has 1 aromatic carbocycles. The van der Waals surface area contributed by atoms with E-state index in [1.165, 1.54) is 0 Å². The van der Waals surface area contributed by atoms with Crippen molar-refractivity contribution in [1.29, 1.82) is 0 Å². The Hall–Kier alpha value is -1.99. The van der Waals surface area contributed by atoms with Crippen LogP contribution >= 0.6 is 0 Å². The van der Waals surface area contributed by atoms with Gasteiger partial charge in [-0.15, -0.1) is 13.2 Å². The maximum atomic E-state index is 12.5. The number of carbonyl (C=O) groups excluding carboxylic acids is 2. The van der Waals surface area contributed by atoms with Gasteiger partial charge in [-0.3, -0.25) is 9.59 Å². The van der Waals surface area contributed by atoms with Crippen molar-refractivity contribution in [2.45, 2.75) is 12.8 Å². The number of carbonyl (C=O) groups is 2. The summed E-state index contributed by atoms with van der Waals surface area (Å²) in [6.45, 7) is 0. The number of ether oxygens (including phenoxy) is 1. The van der Waals surface area contributed by atoms with Gasteiger partial charge in [0, 0.05) is 11.1 Å². The van der Waals surface area contributed by atoms with Crippen LogP contribution in [0.4, 0.5) is 22.0 Å². The first-order valence-corrected chi connectivity index (χ1v) is 4.40. The summed E-state index contributed by atoms with van der Waals surface area (Å²) in [7, 11) is 0. The minimum atomic E-state index is -5.13. The number of halogens is 5. The van der Waals surface area contributed by atoms with Crippen molar-refractivity contribution in [2.75, 3.05) is 0 Å². The van der Waals surface area contributed by atoms with E-state index in [4.69, 9.17) is 0 Å². The van der Waals surface area contributed by atoms with Crippen LogP contribution in [0.1, 0.15) is 32.7 Å². The molecular formula is C10H5F5O3. The van der Waals surface area contributed by atoms with Gasteiger partial charge in [-0.25, -0.2) is 8.78 Å². The van der Waals surface area contributed by atoms with E-state index in [0.29, 0.717) is 12.1 Å². The van der Waals surface area contributed by atoms with Gasteiger partial charge in [-0.2, -0.15) is 0 Å². The van der Waals surface area contributed by atoms with Crippen LogP contribution in [0.3, 0.4) is 0 Å². The number of rotatable bonds is 4. The summed E-state index contributed by atoms with van der Waals surface area (Å²) in [6, 6.07) is 0.939. The Balaban J connectivity index is 3.36. The van der Waals surface area contributed by atoms with Gasteiger partial charge in [0.15, 0.2) is 12.6 Å². The molecule has 0 spiro atoms. The Morgan fingerprint density at radius 2 is 1.61 bits per heavy atom. The normalized spacial score (nSPS) is 11.4. The minimum Gasteiger partial charge on any atom is -0.405 e. The molecule has 0 heterocycles. The van der Waals surface area contributed by atoms with E-state index in [2.05, 4.69) is 4.74 Å². The summed E-state index contributed by atoms with van der Waals surface area (Å²) >= 11 is 0. The predicted molar refractivity (Wildman–Crippen MR) is 48.9 cm³/mol. The lowest BCUT2D eigenvalue weighted by Crippen LogP contribution is -2.18. The quantitative estimate of drug-likeness (QED) is 0.622. The first-order valence-electron chi connectivity index (χ1n) is 4.40. The minimum absolute atomic E-state index is 0.0197. The Kier molecular flexibility index (Phi) is 4.00. The molecule has 0 aromatic heterocycles. The van der Waals surface area contributed by atoms with E-state index in [1.54, 1.807) is 0 Å². The number of benzene rings is 1. The van der Waals surface area contributed by atoms with E-state index >= 15 is 0 Å². The van der Waals surface area contributed by atoms with Crippen LogP contribution in [0, 0.1) is 0 Å². The Morgan fingerprint density at radius 1 is 1.06 bits per heavy atom. The third-order valence-electron chi connectivity index (χ3n) is 1.93. The SMILES string of the molecule is O=Cc1cc(C=O)c(C(F)F)cc1OC(F)(F)F. The second-order valence-corrected chi connectivity index (χ2v) is 3.10. The lowest BCUT2D eigenvalue weighted by atomic mass is 10.0. The van der Waals surface area contributed by atoms with Crippen molar-refractivity contribution in [3.8, 4) is 5.75 Å². The molecule has 1 rings (SSSR count). The van der Waals surface area contributed by atoms with E-state index < -0.39 is 35.2 Å². The molecule has 0 N–H and O–H groups in total. The van der Waals surface area contributed by atoms with Crippen molar-refractivity contribution in [1.82, 2.24) is 0 Å². The average molecular weight is 268 g/mol. The highest BCUT2D eigenvalue weighted by Gasteiger charge is 2.33. The molecule has 0 saturated heterocycles. The molecule has 98 valence electrons. The number of hydrogen-bond donors (Lipinski definition) is 0. The molecule has 3 nitrogen and oxygen atoms in total. The smallest absolute Gasteiger partial charge is 0.405 e. The standard InChI is InChI=1S/C10H5F5O3/c11-9(12)7-2-8(18-10(13,14)15)6(4-17)1-5(7)3-16/h1-4,9H. The lowest BCUT2D eigenvalue weighted by Gasteiger charge is -2.13. The van der Waals surface area contributed by atoms with Gasteiger partial charge in [0.2, 0.25) is 0 Å². The molecule has 0 unspecified atom stereocenters. The van der Waals surface area contributed by atoms with Gasteiger partial charge in [-0.05, 0) is 12.1 Å². The highest BCUT2D eigenvalue weighted by molar-refractivity contribution is 5.86. The number of alkyl halides is 5. The molecule has 0 radical (unpaired) electrons. The van der Waals surface area contributed by atoms with Crippen molar-refractivity contribution < 1.29 is 36.3 Å². The van der Waals surface area contributed by atoms with Crippen LogP contribution in [0.25, 0.3) is 0 Å². The number of aldehydes is 2. The fourth-order valence-corrected chi connectivity index (χ4v) is 1.23. The monoisotopic (exact) mass is 268 g/mol. The van der Waals surface area contributed by atoms with Gasteiger partial charge in [-0.1, -0.05) is 0 Å². The highest BCUT2D eigenvalue weighted by Crippen LogP contribution is 2.32. The van der Waals surface area contributed by atoms with Crippen LogP contribution in [0.5, 0.6) is 5.75 Å². The van der Waals surface area contributed by atoms with Crippen LogP contribution in [0.15, 0.2) is 12.1 Å². The summed E-state index contributed by atoms with van der Waals surface area (Å²) in [4.78, 5) is 21.0. The van der Waals surface area contributed by atoms with E-state index in [0.717, 1.165) is 0 Å².